The van der Waals surface area contributed by atoms with Gasteiger partial charge in [-0.25, -0.2) is 4.39 Å². The first-order chi connectivity index (χ1) is 11.4. The molecule has 4 rings (SSSR count). The molecule has 128 valence electrons. The quantitative estimate of drug-likeness (QED) is 0.791. The van der Waals surface area contributed by atoms with E-state index in [1.165, 1.54) is 6.07 Å². The number of carbonyl (C=O) groups is 1. The Morgan fingerprint density at radius 1 is 1.42 bits per heavy atom. The summed E-state index contributed by atoms with van der Waals surface area (Å²) >= 11 is 6.59. The number of nitrogens with one attached hydrogen (secondary N) is 1. The molecule has 2 heterocycles. The molecule has 3 unspecified atom stereocenters. The number of carbonyl (C=O) groups excluding carboxylic acids is 1. The molecule has 0 amide bonds. The lowest BCUT2D eigenvalue weighted by Gasteiger charge is -2.49. The van der Waals surface area contributed by atoms with Crippen LogP contribution in [0.3, 0.4) is 0 Å². The maximum Gasteiger partial charge on any atom is 0.161 e. The van der Waals surface area contributed by atoms with Crippen LogP contribution in [0, 0.1) is 12.7 Å². The van der Waals surface area contributed by atoms with E-state index >= 15 is 0 Å². The molecule has 4 nitrogen and oxygen atoms in total. The van der Waals surface area contributed by atoms with Crippen molar-refractivity contribution in [2.45, 2.75) is 43.9 Å². The number of hydrogen-bond donors (Lipinski definition) is 1. The first-order valence-electron chi connectivity index (χ1n) is 8.36. The number of aryl methyl sites for hydroxylation is 1. The highest BCUT2D eigenvalue weighted by atomic mass is 35.5. The van der Waals surface area contributed by atoms with Crippen molar-refractivity contribution in [3.63, 3.8) is 0 Å². The summed E-state index contributed by atoms with van der Waals surface area (Å²) in [6.45, 7) is 2.37. The Kier molecular flexibility index (Phi) is 3.62. The fourth-order valence-corrected chi connectivity index (χ4v) is 4.89. The van der Waals surface area contributed by atoms with Crippen molar-refractivity contribution in [3.05, 3.63) is 46.5 Å². The number of rotatable bonds is 1. The van der Waals surface area contributed by atoms with Gasteiger partial charge in [0.05, 0.1) is 0 Å². The molecule has 1 N–H and O–H groups in total. The van der Waals surface area contributed by atoms with Crippen LogP contribution in [0.5, 0.6) is 0 Å². The molecule has 0 aromatic heterocycles. The van der Waals surface area contributed by atoms with E-state index in [0.29, 0.717) is 23.7 Å². The van der Waals surface area contributed by atoms with Gasteiger partial charge in [0.25, 0.3) is 0 Å². The third kappa shape index (κ3) is 2.11. The van der Waals surface area contributed by atoms with Gasteiger partial charge in [-0.1, -0.05) is 17.7 Å². The maximum absolute atomic E-state index is 13.7. The summed E-state index contributed by atoms with van der Waals surface area (Å²) in [7, 11) is 1.95. The van der Waals surface area contributed by atoms with E-state index in [-0.39, 0.29) is 23.8 Å². The van der Waals surface area contributed by atoms with Crippen molar-refractivity contribution >= 4 is 17.4 Å². The summed E-state index contributed by atoms with van der Waals surface area (Å²) in [4.78, 5) is 17.0. The lowest BCUT2D eigenvalue weighted by atomic mass is 9.75. The predicted molar refractivity (Wildman–Crippen MR) is 90.8 cm³/mol. The number of halogens is 2. The van der Waals surface area contributed by atoms with Crippen LogP contribution in [0.4, 0.5) is 4.39 Å². The fraction of sp³-hybridized carbons (Fsp3) is 0.500. The molecule has 3 atom stereocenters. The summed E-state index contributed by atoms with van der Waals surface area (Å²) in [5.74, 6) is 0.0191. The normalized spacial score (nSPS) is 32.5. The van der Waals surface area contributed by atoms with E-state index in [2.05, 4.69) is 5.32 Å². The van der Waals surface area contributed by atoms with Crippen molar-refractivity contribution in [2.24, 2.45) is 0 Å². The van der Waals surface area contributed by atoms with Gasteiger partial charge in [0.2, 0.25) is 0 Å². The largest absolute Gasteiger partial charge is 0.375 e. The molecular weight excluding hydrogens is 329 g/mol. The minimum atomic E-state index is -0.633. The minimum absolute atomic E-state index is 0.0546. The molecule has 2 aliphatic heterocycles. The van der Waals surface area contributed by atoms with Crippen molar-refractivity contribution < 1.29 is 9.18 Å². The van der Waals surface area contributed by atoms with Crippen LogP contribution in [0.2, 0.25) is 0 Å². The lowest BCUT2D eigenvalue weighted by Crippen LogP contribution is -2.65. The average Bonchev–Trinajstić information content (AvgIpc) is 2.87. The van der Waals surface area contributed by atoms with E-state index in [1.54, 1.807) is 13.0 Å². The molecule has 0 radical (unpaired) electrons. The zero-order valence-corrected chi connectivity index (χ0v) is 14.6. The highest BCUT2D eigenvalue weighted by Crippen LogP contribution is 2.48. The molecule has 1 saturated heterocycles. The van der Waals surface area contributed by atoms with Crippen LogP contribution >= 0.6 is 11.6 Å². The van der Waals surface area contributed by atoms with Gasteiger partial charge in [-0.15, -0.1) is 0 Å². The Morgan fingerprint density at radius 3 is 2.96 bits per heavy atom. The Balaban J connectivity index is 1.84. The lowest BCUT2D eigenvalue weighted by molar-refractivity contribution is -0.133. The van der Waals surface area contributed by atoms with Gasteiger partial charge in [0, 0.05) is 32.3 Å². The topological polar surface area (TPSA) is 35.6 Å². The molecule has 1 aromatic carbocycles. The van der Waals surface area contributed by atoms with Crippen molar-refractivity contribution in [1.29, 1.82) is 0 Å². The van der Waals surface area contributed by atoms with Crippen LogP contribution in [-0.4, -0.2) is 40.8 Å². The second-order valence-electron chi connectivity index (χ2n) is 7.11. The van der Waals surface area contributed by atoms with Crippen molar-refractivity contribution in [3.8, 4) is 0 Å². The average molecular weight is 350 g/mol. The SMILES string of the molecule is Cc1cc(C2NC3CCCC(=O)C34CN(C)C=C(Cl)N24)ccc1F. The number of likely N-dealkylation sites (N-methyl/N-ethyl adjacent to an activating group) is 1. The van der Waals surface area contributed by atoms with Crippen LogP contribution in [0.1, 0.15) is 36.6 Å². The Hall–Kier alpha value is -1.59. The number of hydrogen-bond acceptors (Lipinski definition) is 4. The van der Waals surface area contributed by atoms with Gasteiger partial charge < -0.3 is 9.80 Å². The second kappa shape index (κ2) is 5.46. The predicted octanol–water partition coefficient (Wildman–Crippen LogP) is 2.88. The van der Waals surface area contributed by atoms with Gasteiger partial charge in [0.15, 0.2) is 5.78 Å². The third-order valence-corrected chi connectivity index (χ3v) is 5.83. The highest BCUT2D eigenvalue weighted by Gasteiger charge is 2.61. The smallest absolute Gasteiger partial charge is 0.161 e. The molecule has 1 aromatic rings. The van der Waals surface area contributed by atoms with E-state index in [1.807, 2.05) is 29.1 Å². The number of Topliss-reactive ketones (excluding diaryl/α,β-unsaturated/α-hetero) is 1. The molecule has 1 spiro atoms. The maximum atomic E-state index is 13.7. The van der Waals surface area contributed by atoms with Gasteiger partial charge in [-0.05, 0) is 43.0 Å². The summed E-state index contributed by atoms with van der Waals surface area (Å²) in [5, 5.41) is 4.16. The Labute approximate surface area is 146 Å². The standard InChI is InChI=1S/C18H21ClFN3O/c1-11-8-12(6-7-13(11)20)17-21-14-4-3-5-15(24)18(14)10-22(2)9-16(19)23(17)18/h6-9,14,17,21H,3-5,10H2,1-2H3. The molecule has 1 saturated carbocycles. The van der Waals surface area contributed by atoms with E-state index < -0.39 is 5.54 Å². The summed E-state index contributed by atoms with van der Waals surface area (Å²) in [6.07, 6.45) is 4.07. The number of nitrogens with zero attached hydrogens (tertiary/aromatic N) is 2. The third-order valence-electron chi connectivity index (χ3n) is 5.55. The molecular formula is C18H21ClFN3O. The van der Waals surface area contributed by atoms with Crippen molar-refractivity contribution in [1.82, 2.24) is 15.1 Å². The molecule has 6 heteroatoms. The fourth-order valence-electron chi connectivity index (χ4n) is 4.48. The first kappa shape index (κ1) is 15.9. The van der Waals surface area contributed by atoms with Crippen LogP contribution < -0.4 is 5.32 Å². The molecule has 2 fully saturated rings. The van der Waals surface area contributed by atoms with Gasteiger partial charge in [-0.3, -0.25) is 10.1 Å². The van der Waals surface area contributed by atoms with E-state index in [0.717, 1.165) is 18.4 Å². The zero-order valence-electron chi connectivity index (χ0n) is 13.9. The summed E-state index contributed by atoms with van der Waals surface area (Å²) < 4.78 is 13.7. The zero-order chi connectivity index (χ0) is 17.1. The highest BCUT2D eigenvalue weighted by molar-refractivity contribution is 6.29. The van der Waals surface area contributed by atoms with Gasteiger partial charge >= 0.3 is 0 Å². The molecule has 3 aliphatic rings. The second-order valence-corrected chi connectivity index (χ2v) is 7.49. The van der Waals surface area contributed by atoms with Crippen LogP contribution in [0.25, 0.3) is 0 Å². The van der Waals surface area contributed by atoms with Gasteiger partial charge in [0.1, 0.15) is 22.7 Å². The van der Waals surface area contributed by atoms with Crippen molar-refractivity contribution in [2.75, 3.05) is 13.6 Å². The molecule has 24 heavy (non-hydrogen) atoms. The summed E-state index contributed by atoms with van der Waals surface area (Å²) in [5.41, 5.74) is 0.900. The monoisotopic (exact) mass is 349 g/mol. The van der Waals surface area contributed by atoms with Crippen LogP contribution in [0.15, 0.2) is 29.6 Å². The Bertz CT molecular complexity index is 737. The van der Waals surface area contributed by atoms with Gasteiger partial charge in [-0.2, -0.15) is 0 Å². The van der Waals surface area contributed by atoms with E-state index in [9.17, 15) is 9.18 Å². The first-order valence-corrected chi connectivity index (χ1v) is 8.73. The summed E-state index contributed by atoms with van der Waals surface area (Å²) in [6, 6.07) is 5.15. The Morgan fingerprint density at radius 2 is 2.21 bits per heavy atom. The minimum Gasteiger partial charge on any atom is -0.375 e. The molecule has 1 aliphatic carbocycles. The number of ketones is 1. The number of benzene rings is 1. The molecule has 0 bridgehead atoms. The van der Waals surface area contributed by atoms with E-state index in [4.69, 9.17) is 11.6 Å². The van der Waals surface area contributed by atoms with Crippen LogP contribution in [-0.2, 0) is 4.79 Å².